The number of aryl methyl sites for hydroxylation is 1. The van der Waals surface area contributed by atoms with Crippen LogP contribution in [0.5, 0.6) is 0 Å². The summed E-state index contributed by atoms with van der Waals surface area (Å²) in [5.41, 5.74) is 2.94. The van der Waals surface area contributed by atoms with Crippen molar-refractivity contribution < 1.29 is 9.21 Å². The second-order valence-electron chi connectivity index (χ2n) is 6.08. The van der Waals surface area contributed by atoms with E-state index in [2.05, 4.69) is 20.7 Å². The van der Waals surface area contributed by atoms with Gasteiger partial charge in [-0.3, -0.25) is 4.79 Å². The van der Waals surface area contributed by atoms with Crippen LogP contribution < -0.4 is 10.6 Å². The molecule has 1 amide bonds. The highest BCUT2D eigenvalue weighted by Gasteiger charge is 2.21. The molecule has 0 unspecified atom stereocenters. The lowest BCUT2D eigenvalue weighted by molar-refractivity contribution is 0.0925. The Hall–Kier alpha value is -2.67. The molecule has 0 bridgehead atoms. The van der Waals surface area contributed by atoms with Crippen LogP contribution in [-0.4, -0.2) is 39.8 Å². The van der Waals surface area contributed by atoms with Crippen LogP contribution in [-0.2, 0) is 7.05 Å². The molecule has 0 aromatic carbocycles. The molecule has 7 heteroatoms. The van der Waals surface area contributed by atoms with E-state index in [1.807, 2.05) is 12.1 Å². The van der Waals surface area contributed by atoms with Gasteiger partial charge in [-0.1, -0.05) is 0 Å². The first-order valence-electron chi connectivity index (χ1n) is 8.09. The van der Waals surface area contributed by atoms with Gasteiger partial charge in [0.1, 0.15) is 0 Å². The van der Waals surface area contributed by atoms with E-state index >= 15 is 0 Å². The lowest BCUT2D eigenvalue weighted by Crippen LogP contribution is -2.42. The standard InChI is InChI=1S/C17H19N5O2/c1-22-16-14(8-12(9-19-16)11-4-7-24-10-11)15(21-22)17(23)20-13-2-5-18-6-3-13/h4,7-10,13,18H,2-3,5-6H2,1H3,(H,20,23). The molecule has 0 radical (unpaired) electrons. The van der Waals surface area contributed by atoms with E-state index in [-0.39, 0.29) is 11.9 Å². The molecule has 4 heterocycles. The summed E-state index contributed by atoms with van der Waals surface area (Å²) in [6.45, 7) is 1.86. The first-order chi connectivity index (χ1) is 11.7. The fourth-order valence-corrected chi connectivity index (χ4v) is 3.12. The Balaban J connectivity index is 1.69. The molecule has 2 N–H and O–H groups in total. The Morgan fingerprint density at radius 2 is 2.21 bits per heavy atom. The van der Waals surface area contributed by atoms with Crippen LogP contribution in [0.4, 0.5) is 0 Å². The first-order valence-corrected chi connectivity index (χ1v) is 8.09. The Labute approximate surface area is 139 Å². The van der Waals surface area contributed by atoms with E-state index in [9.17, 15) is 4.79 Å². The monoisotopic (exact) mass is 325 g/mol. The van der Waals surface area contributed by atoms with Crippen LogP contribution in [0, 0.1) is 0 Å². The minimum Gasteiger partial charge on any atom is -0.472 e. The van der Waals surface area contributed by atoms with Crippen molar-refractivity contribution in [1.29, 1.82) is 0 Å². The van der Waals surface area contributed by atoms with E-state index in [1.54, 1.807) is 30.5 Å². The number of fused-ring (bicyclic) bond motifs is 1. The largest absolute Gasteiger partial charge is 0.472 e. The Morgan fingerprint density at radius 3 is 2.96 bits per heavy atom. The van der Waals surface area contributed by atoms with Crippen molar-refractivity contribution in [3.05, 3.63) is 36.5 Å². The lowest BCUT2D eigenvalue weighted by atomic mass is 10.1. The number of rotatable bonds is 3. The third kappa shape index (κ3) is 2.67. The third-order valence-electron chi connectivity index (χ3n) is 4.42. The van der Waals surface area contributed by atoms with Gasteiger partial charge in [-0.05, 0) is 38.1 Å². The molecule has 0 saturated carbocycles. The van der Waals surface area contributed by atoms with Crippen LogP contribution in [0.25, 0.3) is 22.2 Å². The molecular weight excluding hydrogens is 306 g/mol. The van der Waals surface area contributed by atoms with Gasteiger partial charge in [-0.15, -0.1) is 0 Å². The van der Waals surface area contributed by atoms with Crippen LogP contribution in [0.2, 0.25) is 0 Å². The van der Waals surface area contributed by atoms with Gasteiger partial charge in [0.15, 0.2) is 11.3 Å². The molecule has 0 aliphatic carbocycles. The van der Waals surface area contributed by atoms with Gasteiger partial charge in [0.05, 0.1) is 17.9 Å². The zero-order chi connectivity index (χ0) is 16.5. The highest BCUT2D eigenvalue weighted by atomic mass is 16.3. The van der Waals surface area contributed by atoms with Crippen molar-refractivity contribution in [2.24, 2.45) is 7.05 Å². The molecule has 0 atom stereocenters. The Kier molecular flexibility index (Phi) is 3.78. The minimum absolute atomic E-state index is 0.140. The second kappa shape index (κ2) is 6.09. The van der Waals surface area contributed by atoms with Crippen molar-refractivity contribution in [3.63, 3.8) is 0 Å². The maximum absolute atomic E-state index is 12.7. The predicted octanol–water partition coefficient (Wildman–Crippen LogP) is 1.71. The van der Waals surface area contributed by atoms with Crippen LogP contribution in [0.3, 0.4) is 0 Å². The number of carbonyl (C=O) groups excluding carboxylic acids is 1. The molecule has 1 fully saturated rings. The zero-order valence-corrected chi connectivity index (χ0v) is 13.5. The molecular formula is C17H19N5O2. The van der Waals surface area contributed by atoms with Gasteiger partial charge in [-0.25, -0.2) is 9.67 Å². The highest BCUT2D eigenvalue weighted by molar-refractivity contribution is 6.05. The zero-order valence-electron chi connectivity index (χ0n) is 13.5. The van der Waals surface area contributed by atoms with Gasteiger partial charge in [0, 0.05) is 30.4 Å². The number of nitrogens with zero attached hydrogens (tertiary/aromatic N) is 3. The summed E-state index contributed by atoms with van der Waals surface area (Å²) in [6, 6.07) is 4.01. The Bertz CT molecular complexity index is 863. The van der Waals surface area contributed by atoms with Gasteiger partial charge in [0.2, 0.25) is 0 Å². The number of furan rings is 1. The Morgan fingerprint density at radius 1 is 1.38 bits per heavy atom. The molecule has 4 rings (SSSR count). The van der Waals surface area contributed by atoms with Gasteiger partial charge in [0.25, 0.3) is 5.91 Å². The van der Waals surface area contributed by atoms with Gasteiger partial charge >= 0.3 is 0 Å². The predicted molar refractivity (Wildman–Crippen MR) is 89.6 cm³/mol. The molecule has 3 aromatic rings. The second-order valence-corrected chi connectivity index (χ2v) is 6.08. The smallest absolute Gasteiger partial charge is 0.272 e. The summed E-state index contributed by atoms with van der Waals surface area (Å²) in [7, 11) is 1.80. The third-order valence-corrected chi connectivity index (χ3v) is 4.42. The maximum atomic E-state index is 12.7. The molecule has 7 nitrogen and oxygen atoms in total. The average molecular weight is 325 g/mol. The summed E-state index contributed by atoms with van der Waals surface area (Å²) < 4.78 is 6.78. The maximum Gasteiger partial charge on any atom is 0.272 e. The quantitative estimate of drug-likeness (QED) is 0.766. The molecule has 0 spiro atoms. The number of pyridine rings is 1. The van der Waals surface area contributed by atoms with Crippen molar-refractivity contribution in [2.75, 3.05) is 13.1 Å². The number of piperidine rings is 1. The first kappa shape index (κ1) is 14.9. The number of hydrogen-bond donors (Lipinski definition) is 2. The SMILES string of the molecule is Cn1nc(C(=O)NC2CCNCC2)c2cc(-c3ccoc3)cnc21. The van der Waals surface area contributed by atoms with Crippen LogP contribution >= 0.6 is 0 Å². The van der Waals surface area contributed by atoms with Crippen molar-refractivity contribution in [3.8, 4) is 11.1 Å². The summed E-state index contributed by atoms with van der Waals surface area (Å²) >= 11 is 0. The van der Waals surface area contributed by atoms with E-state index in [4.69, 9.17) is 4.42 Å². The molecule has 24 heavy (non-hydrogen) atoms. The van der Waals surface area contributed by atoms with Crippen LogP contribution in [0.15, 0.2) is 35.3 Å². The number of amides is 1. The van der Waals surface area contributed by atoms with Crippen molar-refractivity contribution in [1.82, 2.24) is 25.4 Å². The summed E-state index contributed by atoms with van der Waals surface area (Å²) in [5.74, 6) is -0.140. The number of nitrogens with one attached hydrogen (secondary N) is 2. The summed E-state index contributed by atoms with van der Waals surface area (Å²) in [5, 5.41) is 11.5. The molecule has 3 aromatic heterocycles. The number of aromatic nitrogens is 3. The fourth-order valence-electron chi connectivity index (χ4n) is 3.12. The normalized spacial score (nSPS) is 15.7. The number of carbonyl (C=O) groups is 1. The van der Waals surface area contributed by atoms with Crippen molar-refractivity contribution >= 4 is 16.9 Å². The van der Waals surface area contributed by atoms with E-state index in [1.165, 1.54) is 0 Å². The summed E-state index contributed by atoms with van der Waals surface area (Å²) in [4.78, 5) is 17.1. The van der Waals surface area contributed by atoms with E-state index < -0.39 is 0 Å². The average Bonchev–Trinajstić information content (AvgIpc) is 3.24. The summed E-state index contributed by atoms with van der Waals surface area (Å²) in [6.07, 6.45) is 6.93. The molecule has 124 valence electrons. The highest BCUT2D eigenvalue weighted by Crippen LogP contribution is 2.25. The van der Waals surface area contributed by atoms with Crippen LogP contribution in [0.1, 0.15) is 23.3 Å². The van der Waals surface area contributed by atoms with E-state index in [0.717, 1.165) is 42.4 Å². The lowest BCUT2D eigenvalue weighted by Gasteiger charge is -2.23. The molecule has 1 saturated heterocycles. The minimum atomic E-state index is -0.140. The molecule has 1 aliphatic heterocycles. The van der Waals surface area contributed by atoms with Crippen molar-refractivity contribution in [2.45, 2.75) is 18.9 Å². The van der Waals surface area contributed by atoms with Gasteiger partial charge in [-0.2, -0.15) is 5.10 Å². The molecule has 1 aliphatic rings. The topological polar surface area (TPSA) is 85.0 Å². The number of hydrogen-bond acceptors (Lipinski definition) is 5. The fraction of sp³-hybridized carbons (Fsp3) is 0.353. The van der Waals surface area contributed by atoms with Gasteiger partial charge < -0.3 is 15.1 Å². The van der Waals surface area contributed by atoms with E-state index in [0.29, 0.717) is 11.3 Å².